The van der Waals surface area contributed by atoms with Crippen LogP contribution in [0.25, 0.3) is 0 Å². The van der Waals surface area contributed by atoms with Crippen molar-refractivity contribution in [1.82, 2.24) is 0 Å². The molecule has 0 bridgehead atoms. The minimum absolute atomic E-state index is 0.303. The van der Waals surface area contributed by atoms with Crippen LogP contribution < -0.4 is 0 Å². The molecule has 0 aliphatic heterocycles. The lowest BCUT2D eigenvalue weighted by Crippen LogP contribution is -2.38. The first-order chi connectivity index (χ1) is 14.0. The van der Waals surface area contributed by atoms with Gasteiger partial charge in [-0.05, 0) is 78.9 Å². The van der Waals surface area contributed by atoms with E-state index in [1.54, 1.807) is 0 Å². The first-order valence-electron chi connectivity index (χ1n) is 11.9. The highest BCUT2D eigenvalue weighted by Gasteiger charge is 2.51. The summed E-state index contributed by atoms with van der Waals surface area (Å²) in [5, 5.41) is 21.4. The third-order valence-electron chi connectivity index (χ3n) is 8.10. The smallest absolute Gasteiger partial charge is 0.129 e. The molecular formula is C27H42O2Si. The fraction of sp³-hybridized carbons (Fsp3) is 0.704. The lowest BCUT2D eigenvalue weighted by atomic mass is 9.59. The molecule has 30 heavy (non-hydrogen) atoms. The summed E-state index contributed by atoms with van der Waals surface area (Å²) in [5.41, 5.74) is 8.05. The topological polar surface area (TPSA) is 40.5 Å². The molecule has 3 fully saturated rings. The van der Waals surface area contributed by atoms with Gasteiger partial charge in [0.1, 0.15) is 14.2 Å². The second kappa shape index (κ2) is 8.81. The molecule has 2 nitrogen and oxygen atoms in total. The molecule has 3 rings (SSSR count). The van der Waals surface area contributed by atoms with Gasteiger partial charge in [-0.1, -0.05) is 51.7 Å². The molecule has 0 aromatic heterocycles. The minimum Gasteiger partial charge on any atom is -0.388 e. The Morgan fingerprint density at radius 1 is 1.27 bits per heavy atom. The molecule has 2 unspecified atom stereocenters. The highest BCUT2D eigenvalue weighted by molar-refractivity contribution is 6.83. The normalized spacial score (nSPS) is 39.5. The van der Waals surface area contributed by atoms with Crippen LogP contribution in [0.5, 0.6) is 0 Å². The molecule has 3 aliphatic carbocycles. The highest BCUT2D eigenvalue weighted by Crippen LogP contribution is 2.61. The predicted molar refractivity (Wildman–Crippen MR) is 130 cm³/mol. The average molecular weight is 427 g/mol. The van der Waals surface area contributed by atoms with Crippen LogP contribution in [-0.2, 0) is 0 Å². The molecule has 0 spiro atoms. The molecule has 3 heteroatoms. The number of fused-ring (bicyclic) bond motifs is 1. The van der Waals surface area contributed by atoms with Gasteiger partial charge >= 0.3 is 0 Å². The molecule has 0 radical (unpaired) electrons. The van der Waals surface area contributed by atoms with E-state index >= 15 is 0 Å². The molecule has 0 aromatic carbocycles. The van der Waals surface area contributed by atoms with Crippen molar-refractivity contribution in [2.24, 2.45) is 23.2 Å². The van der Waals surface area contributed by atoms with Crippen LogP contribution in [-0.4, -0.2) is 30.5 Å². The first kappa shape index (κ1) is 23.6. The van der Waals surface area contributed by atoms with Crippen LogP contribution in [0.2, 0.25) is 19.6 Å². The predicted octanol–water partition coefficient (Wildman–Crippen LogP) is 6.03. The van der Waals surface area contributed by atoms with E-state index in [0.717, 1.165) is 18.4 Å². The van der Waals surface area contributed by atoms with Crippen LogP contribution in [0.4, 0.5) is 0 Å². The summed E-state index contributed by atoms with van der Waals surface area (Å²) in [5.74, 6) is 5.41. The summed E-state index contributed by atoms with van der Waals surface area (Å²) in [4.78, 5) is 0. The van der Waals surface area contributed by atoms with Crippen molar-refractivity contribution < 1.29 is 10.2 Å². The molecule has 3 aliphatic rings. The van der Waals surface area contributed by atoms with E-state index in [0.29, 0.717) is 35.2 Å². The van der Waals surface area contributed by atoms with Crippen molar-refractivity contribution in [3.05, 3.63) is 34.9 Å². The Bertz CT molecular complexity index is 803. The lowest BCUT2D eigenvalue weighted by molar-refractivity contribution is 0.0963. The zero-order valence-corrected chi connectivity index (χ0v) is 21.0. The van der Waals surface area contributed by atoms with Crippen LogP contribution in [0.3, 0.4) is 0 Å². The maximum absolute atomic E-state index is 10.7. The van der Waals surface area contributed by atoms with Crippen LogP contribution >= 0.6 is 0 Å². The summed E-state index contributed by atoms with van der Waals surface area (Å²) in [6.45, 7) is 18.0. The standard InChI is InChI=1S/C27H42O2Si/c1-8-20-25(28)17-22(19(3)26(20)29)21-12-9-15-27(4)23(13-14-24(21)27)18(2)11-10-16-30(5,6)7/h8,18,23-26,28-29H,3,9,11-15,17H2,1-2,4-7H3/b20-8+,22-21?/t18-,23?,24-,25-,26?,27-/m1/s1. The molecule has 0 heterocycles. The Balaban J connectivity index is 1.86. The van der Waals surface area contributed by atoms with E-state index in [2.05, 4.69) is 51.5 Å². The monoisotopic (exact) mass is 426 g/mol. The molecule has 3 saturated carbocycles. The largest absolute Gasteiger partial charge is 0.388 e. The van der Waals surface area contributed by atoms with Gasteiger partial charge in [-0.3, -0.25) is 0 Å². The number of aliphatic hydroxyl groups is 2. The van der Waals surface area contributed by atoms with E-state index in [1.165, 1.54) is 36.8 Å². The Morgan fingerprint density at radius 3 is 2.60 bits per heavy atom. The lowest BCUT2D eigenvalue weighted by Gasteiger charge is -2.46. The molecule has 166 valence electrons. The molecular weight excluding hydrogens is 384 g/mol. The Kier molecular flexibility index (Phi) is 6.92. The third kappa shape index (κ3) is 4.43. The van der Waals surface area contributed by atoms with Crippen molar-refractivity contribution in [2.45, 2.75) is 97.6 Å². The van der Waals surface area contributed by atoms with Crippen molar-refractivity contribution in [1.29, 1.82) is 0 Å². The number of rotatable bonds is 2. The fourth-order valence-electron chi connectivity index (χ4n) is 6.62. The fourth-order valence-corrected chi connectivity index (χ4v) is 7.26. The summed E-state index contributed by atoms with van der Waals surface area (Å²) in [6.07, 6.45) is 8.22. The van der Waals surface area contributed by atoms with Gasteiger partial charge in [0.05, 0.1) is 6.10 Å². The summed E-state index contributed by atoms with van der Waals surface area (Å²) < 4.78 is 0. The van der Waals surface area contributed by atoms with E-state index < -0.39 is 20.3 Å². The molecule has 0 saturated heterocycles. The zero-order valence-electron chi connectivity index (χ0n) is 20.0. The maximum atomic E-state index is 10.7. The summed E-state index contributed by atoms with van der Waals surface area (Å²) >= 11 is 0. The van der Waals surface area contributed by atoms with E-state index in [1.807, 2.05) is 13.0 Å². The third-order valence-corrected chi connectivity index (χ3v) is 9.03. The second-order valence-corrected chi connectivity index (χ2v) is 16.0. The number of aliphatic hydroxyl groups excluding tert-OH is 2. The van der Waals surface area contributed by atoms with E-state index in [-0.39, 0.29) is 0 Å². The van der Waals surface area contributed by atoms with Gasteiger partial charge in [-0.25, -0.2) is 0 Å². The molecule has 0 aromatic rings. The number of hydrogen-bond acceptors (Lipinski definition) is 2. The van der Waals surface area contributed by atoms with Crippen LogP contribution in [0, 0.1) is 34.6 Å². The van der Waals surface area contributed by atoms with Crippen molar-refractivity contribution in [2.75, 3.05) is 0 Å². The Labute approximate surface area is 185 Å². The SMILES string of the molecule is C=C1C(=C2CCC[C@]3(C)C([C@H](C)CC#C[Si](C)(C)C)CC[C@H]23)C[C@@H](O)/C(=C\C)C1O. The van der Waals surface area contributed by atoms with Gasteiger partial charge in [-0.15, -0.1) is 11.5 Å². The van der Waals surface area contributed by atoms with Gasteiger partial charge in [-0.2, -0.15) is 0 Å². The van der Waals surface area contributed by atoms with Crippen molar-refractivity contribution in [3.8, 4) is 11.5 Å². The van der Waals surface area contributed by atoms with Gasteiger partial charge < -0.3 is 10.2 Å². The Hall–Kier alpha value is -1.08. The van der Waals surface area contributed by atoms with E-state index in [9.17, 15) is 10.2 Å². The summed E-state index contributed by atoms with van der Waals surface area (Å²) in [7, 11) is -1.31. The van der Waals surface area contributed by atoms with E-state index in [4.69, 9.17) is 0 Å². The average Bonchev–Trinajstić information content (AvgIpc) is 3.01. The molecule has 6 atom stereocenters. The maximum Gasteiger partial charge on any atom is 0.129 e. The van der Waals surface area contributed by atoms with Gasteiger partial charge in [0.2, 0.25) is 0 Å². The quantitative estimate of drug-likeness (QED) is 0.321. The van der Waals surface area contributed by atoms with Crippen molar-refractivity contribution >= 4 is 8.07 Å². The summed E-state index contributed by atoms with van der Waals surface area (Å²) in [6, 6.07) is 0. The zero-order chi connectivity index (χ0) is 22.3. The Morgan fingerprint density at radius 2 is 1.97 bits per heavy atom. The minimum atomic E-state index is -1.31. The van der Waals surface area contributed by atoms with Gasteiger partial charge in [0, 0.05) is 12.8 Å². The van der Waals surface area contributed by atoms with Crippen LogP contribution in [0.1, 0.15) is 65.7 Å². The molecule has 2 N–H and O–H groups in total. The van der Waals surface area contributed by atoms with Gasteiger partial charge in [0.15, 0.2) is 0 Å². The first-order valence-corrected chi connectivity index (χ1v) is 15.4. The second-order valence-electron chi connectivity index (χ2n) is 11.3. The highest BCUT2D eigenvalue weighted by atomic mass is 28.3. The van der Waals surface area contributed by atoms with Crippen LogP contribution in [0.15, 0.2) is 34.9 Å². The van der Waals surface area contributed by atoms with Crippen molar-refractivity contribution in [3.63, 3.8) is 0 Å². The molecule has 0 amide bonds. The number of hydrogen-bond donors (Lipinski definition) is 2. The number of allylic oxidation sites excluding steroid dienone is 2. The van der Waals surface area contributed by atoms with Gasteiger partial charge in [0.25, 0.3) is 0 Å².